The summed E-state index contributed by atoms with van der Waals surface area (Å²) in [6, 6.07) is 4.90. The van der Waals surface area contributed by atoms with Gasteiger partial charge in [0.1, 0.15) is 0 Å². The van der Waals surface area contributed by atoms with Gasteiger partial charge < -0.3 is 0 Å². The maximum Gasteiger partial charge on any atom is 0.236 e. The highest BCUT2D eigenvalue weighted by Gasteiger charge is 2.24. The van der Waals surface area contributed by atoms with Crippen LogP contribution in [0.25, 0.3) is 0 Å². The van der Waals surface area contributed by atoms with Crippen LogP contribution in [0, 0.1) is 0 Å². The third-order valence-corrected chi connectivity index (χ3v) is 5.57. The van der Waals surface area contributed by atoms with E-state index in [1.807, 2.05) is 0 Å². The normalized spacial score (nSPS) is 15.4. The highest BCUT2D eigenvalue weighted by atomic mass is 32.2. The van der Waals surface area contributed by atoms with Crippen LogP contribution in [0.4, 0.5) is 11.4 Å². The fourth-order valence-electron chi connectivity index (χ4n) is 2.35. The molecule has 1 aliphatic heterocycles. The highest BCUT2D eigenvalue weighted by molar-refractivity contribution is 7.92. The minimum absolute atomic E-state index is 0.167. The van der Waals surface area contributed by atoms with E-state index < -0.39 is 20.0 Å². The molecular formula is C13H18N2O4S2. The van der Waals surface area contributed by atoms with E-state index in [1.54, 1.807) is 18.2 Å². The molecule has 0 saturated heterocycles. The van der Waals surface area contributed by atoms with Crippen LogP contribution in [-0.4, -0.2) is 35.4 Å². The first-order chi connectivity index (χ1) is 9.73. The van der Waals surface area contributed by atoms with Crippen molar-refractivity contribution in [3.63, 3.8) is 0 Å². The van der Waals surface area contributed by atoms with Gasteiger partial charge in [-0.25, -0.2) is 16.8 Å². The van der Waals surface area contributed by atoms with Crippen LogP contribution in [-0.2, 0) is 26.5 Å². The van der Waals surface area contributed by atoms with Gasteiger partial charge in [0.15, 0.2) is 0 Å². The molecule has 6 nitrogen and oxygen atoms in total. The van der Waals surface area contributed by atoms with E-state index in [0.717, 1.165) is 12.0 Å². The van der Waals surface area contributed by atoms with Crippen molar-refractivity contribution in [1.82, 2.24) is 0 Å². The number of fused-ring (bicyclic) bond motifs is 1. The average molecular weight is 330 g/mol. The van der Waals surface area contributed by atoms with Gasteiger partial charge in [-0.1, -0.05) is 6.08 Å². The highest BCUT2D eigenvalue weighted by Crippen LogP contribution is 2.31. The van der Waals surface area contributed by atoms with Crippen molar-refractivity contribution in [2.45, 2.75) is 12.8 Å². The summed E-state index contributed by atoms with van der Waals surface area (Å²) >= 11 is 0. The summed E-state index contributed by atoms with van der Waals surface area (Å²) in [7, 11) is -6.77. The van der Waals surface area contributed by atoms with Crippen LogP contribution in [0.5, 0.6) is 0 Å². The zero-order valence-corrected chi connectivity index (χ0v) is 13.4. The predicted molar refractivity (Wildman–Crippen MR) is 84.6 cm³/mol. The zero-order valence-electron chi connectivity index (χ0n) is 11.7. The van der Waals surface area contributed by atoms with Crippen LogP contribution in [0.2, 0.25) is 0 Å². The summed E-state index contributed by atoms with van der Waals surface area (Å²) in [5, 5.41) is 0. The third-order valence-electron chi connectivity index (χ3n) is 3.17. The fraction of sp³-hybridized carbons (Fsp3) is 0.385. The summed E-state index contributed by atoms with van der Waals surface area (Å²) < 4.78 is 50.7. The molecule has 0 fully saturated rings. The molecule has 0 unspecified atom stereocenters. The lowest BCUT2D eigenvalue weighted by Gasteiger charge is -2.29. The molecule has 1 heterocycles. The Morgan fingerprint density at radius 1 is 1.33 bits per heavy atom. The number of hydrogen-bond acceptors (Lipinski definition) is 4. The molecule has 0 aromatic heterocycles. The van der Waals surface area contributed by atoms with Gasteiger partial charge in [0, 0.05) is 12.2 Å². The molecule has 0 spiro atoms. The van der Waals surface area contributed by atoms with E-state index in [1.165, 1.54) is 16.6 Å². The topological polar surface area (TPSA) is 83.6 Å². The smallest absolute Gasteiger partial charge is 0.236 e. The van der Waals surface area contributed by atoms with E-state index in [0.29, 0.717) is 24.3 Å². The number of anilines is 2. The first-order valence-electron chi connectivity index (χ1n) is 6.45. The Bertz CT molecular complexity index is 754. The van der Waals surface area contributed by atoms with Crippen molar-refractivity contribution in [2.75, 3.05) is 27.6 Å². The van der Waals surface area contributed by atoms with Gasteiger partial charge in [0.25, 0.3) is 0 Å². The minimum atomic E-state index is -3.45. The van der Waals surface area contributed by atoms with Crippen molar-refractivity contribution in [3.8, 4) is 0 Å². The summed E-state index contributed by atoms with van der Waals surface area (Å²) in [6.45, 7) is 3.85. The van der Waals surface area contributed by atoms with Gasteiger partial charge in [-0.2, -0.15) is 0 Å². The maximum absolute atomic E-state index is 11.8. The molecule has 0 atom stereocenters. The van der Waals surface area contributed by atoms with Gasteiger partial charge in [-0.15, -0.1) is 6.58 Å². The number of nitrogens with zero attached hydrogens (tertiary/aromatic N) is 1. The van der Waals surface area contributed by atoms with Gasteiger partial charge in [0.05, 0.1) is 17.7 Å². The van der Waals surface area contributed by atoms with Crippen LogP contribution in [0.15, 0.2) is 30.9 Å². The van der Waals surface area contributed by atoms with Crippen LogP contribution >= 0.6 is 0 Å². The Morgan fingerprint density at radius 3 is 2.67 bits per heavy atom. The van der Waals surface area contributed by atoms with E-state index in [4.69, 9.17) is 0 Å². The number of nitrogens with one attached hydrogen (secondary N) is 1. The zero-order chi connectivity index (χ0) is 15.7. The molecule has 0 bridgehead atoms. The third kappa shape index (κ3) is 3.76. The number of hydrogen-bond donors (Lipinski definition) is 1. The Morgan fingerprint density at radius 2 is 2.05 bits per heavy atom. The van der Waals surface area contributed by atoms with Crippen LogP contribution < -0.4 is 9.03 Å². The second-order valence-corrected chi connectivity index (χ2v) is 8.63. The lowest BCUT2D eigenvalue weighted by molar-refractivity contribution is 0.592. The van der Waals surface area contributed by atoms with Crippen molar-refractivity contribution >= 4 is 31.4 Å². The second-order valence-electron chi connectivity index (χ2n) is 4.95. The quantitative estimate of drug-likeness (QED) is 0.826. The fourth-order valence-corrected chi connectivity index (χ4v) is 4.22. The van der Waals surface area contributed by atoms with Gasteiger partial charge in [-0.3, -0.25) is 9.03 Å². The molecule has 116 valence electrons. The molecule has 1 aromatic carbocycles. The Labute approximate surface area is 125 Å². The van der Waals surface area contributed by atoms with E-state index >= 15 is 0 Å². The molecule has 8 heteroatoms. The maximum atomic E-state index is 11.8. The number of rotatable bonds is 5. The first-order valence-corrected chi connectivity index (χ1v) is 9.95. The summed E-state index contributed by atoms with van der Waals surface area (Å²) in [5.41, 5.74) is 1.88. The molecular weight excluding hydrogens is 312 g/mol. The Hall–Kier alpha value is -1.54. The van der Waals surface area contributed by atoms with Crippen LogP contribution in [0.3, 0.4) is 0 Å². The van der Waals surface area contributed by atoms with Gasteiger partial charge in [-0.05, 0) is 36.6 Å². The molecule has 0 saturated carbocycles. The monoisotopic (exact) mass is 330 g/mol. The number of benzene rings is 1. The van der Waals surface area contributed by atoms with E-state index in [-0.39, 0.29) is 5.75 Å². The molecule has 1 aliphatic rings. The van der Waals surface area contributed by atoms with Crippen molar-refractivity contribution < 1.29 is 16.8 Å². The second kappa shape index (κ2) is 5.69. The SMILES string of the molecule is C=CCS(=O)(=O)Nc1ccc2c(c1)CCCN2S(C)(=O)=O. The van der Waals surface area contributed by atoms with E-state index in [9.17, 15) is 16.8 Å². The molecule has 0 aliphatic carbocycles. The largest absolute Gasteiger partial charge is 0.283 e. The lowest BCUT2D eigenvalue weighted by Crippen LogP contribution is -2.34. The predicted octanol–water partition coefficient (Wildman–Crippen LogP) is 1.33. The molecule has 21 heavy (non-hydrogen) atoms. The van der Waals surface area contributed by atoms with Crippen molar-refractivity contribution in [2.24, 2.45) is 0 Å². The summed E-state index contributed by atoms with van der Waals surface area (Å²) in [6.07, 6.45) is 3.91. The average Bonchev–Trinajstić information content (AvgIpc) is 2.36. The Balaban J connectivity index is 2.34. The van der Waals surface area contributed by atoms with Gasteiger partial charge in [0.2, 0.25) is 20.0 Å². The molecule has 0 amide bonds. The summed E-state index contributed by atoms with van der Waals surface area (Å²) in [4.78, 5) is 0. The molecule has 2 rings (SSSR count). The van der Waals surface area contributed by atoms with Crippen molar-refractivity contribution in [3.05, 3.63) is 36.4 Å². The number of sulfonamides is 2. The van der Waals surface area contributed by atoms with Crippen molar-refractivity contribution in [1.29, 1.82) is 0 Å². The molecule has 0 radical (unpaired) electrons. The molecule has 1 N–H and O–H groups in total. The molecule has 1 aromatic rings. The van der Waals surface area contributed by atoms with Gasteiger partial charge >= 0.3 is 0 Å². The standard InChI is InChI=1S/C13H18N2O4S2/c1-3-9-21(18,19)14-12-6-7-13-11(10-12)5-4-8-15(13)20(2,16)17/h3,6-7,10,14H,1,4-5,8-9H2,2H3. The Kier molecular flexibility index (Phi) is 4.29. The summed E-state index contributed by atoms with van der Waals surface area (Å²) in [5.74, 6) is -0.167. The first kappa shape index (κ1) is 15.8. The lowest BCUT2D eigenvalue weighted by atomic mass is 10.0. The minimum Gasteiger partial charge on any atom is -0.283 e. The number of aryl methyl sites for hydroxylation is 1. The van der Waals surface area contributed by atoms with E-state index in [2.05, 4.69) is 11.3 Å². The van der Waals surface area contributed by atoms with Crippen LogP contribution in [0.1, 0.15) is 12.0 Å².